The first-order chi connectivity index (χ1) is 8.66. The van der Waals surface area contributed by atoms with Gasteiger partial charge >= 0.3 is 0 Å². The van der Waals surface area contributed by atoms with Crippen molar-refractivity contribution in [3.63, 3.8) is 0 Å². The fourth-order valence-corrected chi connectivity index (χ4v) is 2.24. The molecule has 1 aromatic rings. The Kier molecular flexibility index (Phi) is 4.49. The van der Waals surface area contributed by atoms with Crippen LogP contribution in [0, 0.1) is 6.92 Å². The van der Waals surface area contributed by atoms with Crippen LogP contribution in [0.3, 0.4) is 0 Å². The molecule has 2 unspecified atom stereocenters. The van der Waals surface area contributed by atoms with Crippen molar-refractivity contribution in [1.29, 1.82) is 0 Å². The van der Waals surface area contributed by atoms with E-state index in [0.29, 0.717) is 18.7 Å². The van der Waals surface area contributed by atoms with Crippen LogP contribution in [0.1, 0.15) is 25.5 Å². The summed E-state index contributed by atoms with van der Waals surface area (Å²) >= 11 is 0. The smallest absolute Gasteiger partial charge is 0.266 e. The van der Waals surface area contributed by atoms with E-state index in [1.807, 2.05) is 6.92 Å². The molecule has 1 fully saturated rings. The summed E-state index contributed by atoms with van der Waals surface area (Å²) in [6, 6.07) is 3.63. The van der Waals surface area contributed by atoms with Crippen molar-refractivity contribution in [3.8, 4) is 0 Å². The van der Waals surface area contributed by atoms with E-state index in [-0.39, 0.29) is 5.56 Å². The maximum atomic E-state index is 11.6. The fraction of sp³-hybridized carbons (Fsp3) is 0.692. The van der Waals surface area contributed by atoms with Crippen molar-refractivity contribution in [1.82, 2.24) is 15.1 Å². The van der Waals surface area contributed by atoms with Crippen molar-refractivity contribution < 1.29 is 4.74 Å². The number of hydrogen-bond acceptors (Lipinski definition) is 4. The zero-order chi connectivity index (χ0) is 13.0. The van der Waals surface area contributed by atoms with Crippen LogP contribution in [0.2, 0.25) is 0 Å². The first-order valence-corrected chi connectivity index (χ1v) is 6.56. The molecule has 0 amide bonds. The maximum absolute atomic E-state index is 11.6. The maximum Gasteiger partial charge on any atom is 0.266 e. The highest BCUT2D eigenvalue weighted by atomic mass is 16.5. The molecule has 1 saturated heterocycles. The summed E-state index contributed by atoms with van der Waals surface area (Å²) < 4.78 is 7.12. The van der Waals surface area contributed by atoms with Crippen molar-refractivity contribution >= 4 is 0 Å². The number of nitrogens with one attached hydrogen (secondary N) is 1. The van der Waals surface area contributed by atoms with E-state index in [0.717, 1.165) is 31.7 Å². The summed E-state index contributed by atoms with van der Waals surface area (Å²) in [5, 5.41) is 7.59. The molecule has 2 atom stereocenters. The summed E-state index contributed by atoms with van der Waals surface area (Å²) in [5.74, 6) is 0. The molecule has 100 valence electrons. The molecule has 0 aliphatic carbocycles. The molecular formula is C13H21N3O2. The molecule has 1 aliphatic rings. The number of nitrogens with zero attached hydrogens (tertiary/aromatic N) is 2. The Balaban J connectivity index is 1.80. The average molecular weight is 251 g/mol. The topological polar surface area (TPSA) is 56.2 Å². The van der Waals surface area contributed by atoms with E-state index in [1.165, 1.54) is 4.68 Å². The van der Waals surface area contributed by atoms with Crippen LogP contribution in [0.25, 0.3) is 0 Å². The Morgan fingerprint density at radius 2 is 2.44 bits per heavy atom. The van der Waals surface area contributed by atoms with Crippen LogP contribution in [0.15, 0.2) is 16.9 Å². The normalized spacial score (nSPS) is 21.1. The third-order valence-electron chi connectivity index (χ3n) is 3.31. The van der Waals surface area contributed by atoms with Crippen molar-refractivity contribution in [3.05, 3.63) is 28.2 Å². The van der Waals surface area contributed by atoms with Crippen LogP contribution in [0.4, 0.5) is 0 Å². The molecule has 0 spiro atoms. The Morgan fingerprint density at radius 3 is 3.17 bits per heavy atom. The molecule has 1 aromatic heterocycles. The van der Waals surface area contributed by atoms with Gasteiger partial charge in [-0.2, -0.15) is 5.10 Å². The third-order valence-corrected chi connectivity index (χ3v) is 3.31. The number of aryl methyl sites for hydroxylation is 1. The summed E-state index contributed by atoms with van der Waals surface area (Å²) in [6.45, 7) is 6.21. The molecule has 1 N–H and O–H groups in total. The van der Waals surface area contributed by atoms with Gasteiger partial charge in [-0.3, -0.25) is 4.79 Å². The Morgan fingerprint density at radius 1 is 1.61 bits per heavy atom. The van der Waals surface area contributed by atoms with Gasteiger partial charge in [-0.25, -0.2) is 4.68 Å². The molecule has 0 radical (unpaired) electrons. The SMILES string of the molecule is Cc1ccc(=O)n(CCNC(C)C2CCCO2)n1. The van der Waals surface area contributed by atoms with Gasteiger partial charge in [0.2, 0.25) is 0 Å². The highest BCUT2D eigenvalue weighted by molar-refractivity contribution is 4.97. The molecule has 2 heterocycles. The first kappa shape index (κ1) is 13.2. The monoisotopic (exact) mass is 251 g/mol. The second-order valence-corrected chi connectivity index (χ2v) is 4.83. The van der Waals surface area contributed by atoms with Gasteiger partial charge in [0.25, 0.3) is 5.56 Å². The third kappa shape index (κ3) is 3.40. The van der Waals surface area contributed by atoms with Gasteiger partial charge < -0.3 is 10.1 Å². The second kappa shape index (κ2) is 6.11. The predicted octanol–water partition coefficient (Wildman–Crippen LogP) is 0.709. The highest BCUT2D eigenvalue weighted by Gasteiger charge is 2.21. The minimum Gasteiger partial charge on any atom is -0.377 e. The lowest BCUT2D eigenvalue weighted by Crippen LogP contribution is -2.39. The predicted molar refractivity (Wildman–Crippen MR) is 69.7 cm³/mol. The number of rotatable bonds is 5. The summed E-state index contributed by atoms with van der Waals surface area (Å²) in [5.41, 5.74) is 0.814. The summed E-state index contributed by atoms with van der Waals surface area (Å²) in [4.78, 5) is 11.6. The molecule has 0 aromatic carbocycles. The molecule has 0 saturated carbocycles. The van der Waals surface area contributed by atoms with Gasteiger partial charge in [-0.05, 0) is 32.8 Å². The summed E-state index contributed by atoms with van der Waals surface area (Å²) in [7, 11) is 0. The largest absolute Gasteiger partial charge is 0.377 e. The number of hydrogen-bond donors (Lipinski definition) is 1. The van der Waals surface area contributed by atoms with Crippen LogP contribution in [-0.2, 0) is 11.3 Å². The van der Waals surface area contributed by atoms with E-state index >= 15 is 0 Å². The number of ether oxygens (including phenoxy) is 1. The minimum atomic E-state index is -0.0489. The van der Waals surface area contributed by atoms with Gasteiger partial charge in [0.15, 0.2) is 0 Å². The molecule has 5 heteroatoms. The lowest BCUT2D eigenvalue weighted by Gasteiger charge is -2.20. The molecule has 0 bridgehead atoms. The Bertz CT molecular complexity index is 438. The van der Waals surface area contributed by atoms with E-state index in [1.54, 1.807) is 12.1 Å². The van der Waals surface area contributed by atoms with E-state index in [9.17, 15) is 4.79 Å². The quantitative estimate of drug-likeness (QED) is 0.837. The van der Waals surface area contributed by atoms with Gasteiger partial charge in [-0.1, -0.05) is 0 Å². The molecular weight excluding hydrogens is 230 g/mol. The van der Waals surface area contributed by atoms with Gasteiger partial charge in [-0.15, -0.1) is 0 Å². The van der Waals surface area contributed by atoms with Crippen LogP contribution in [-0.4, -0.2) is 35.1 Å². The Labute approximate surface area is 107 Å². The Hall–Kier alpha value is -1.20. The van der Waals surface area contributed by atoms with Crippen LogP contribution >= 0.6 is 0 Å². The van der Waals surface area contributed by atoms with Crippen molar-refractivity contribution in [2.75, 3.05) is 13.2 Å². The lowest BCUT2D eigenvalue weighted by molar-refractivity contribution is 0.0834. The standard InChI is InChI=1S/C13H21N3O2/c1-10-5-6-13(17)16(15-10)8-7-14-11(2)12-4-3-9-18-12/h5-6,11-12,14H,3-4,7-9H2,1-2H3. The highest BCUT2D eigenvalue weighted by Crippen LogP contribution is 2.14. The summed E-state index contributed by atoms with van der Waals surface area (Å²) in [6.07, 6.45) is 2.58. The van der Waals surface area contributed by atoms with Crippen molar-refractivity contribution in [2.24, 2.45) is 0 Å². The molecule has 18 heavy (non-hydrogen) atoms. The van der Waals surface area contributed by atoms with E-state index in [2.05, 4.69) is 17.3 Å². The van der Waals surface area contributed by atoms with Gasteiger partial charge in [0.05, 0.1) is 18.3 Å². The lowest BCUT2D eigenvalue weighted by atomic mass is 10.1. The zero-order valence-electron chi connectivity index (χ0n) is 11.1. The minimum absolute atomic E-state index is 0.0489. The first-order valence-electron chi connectivity index (χ1n) is 6.56. The second-order valence-electron chi connectivity index (χ2n) is 4.83. The van der Waals surface area contributed by atoms with Crippen LogP contribution in [0.5, 0.6) is 0 Å². The van der Waals surface area contributed by atoms with Gasteiger partial charge in [0, 0.05) is 25.3 Å². The van der Waals surface area contributed by atoms with E-state index in [4.69, 9.17) is 4.74 Å². The molecule has 1 aliphatic heterocycles. The van der Waals surface area contributed by atoms with Crippen molar-refractivity contribution in [2.45, 2.75) is 45.4 Å². The van der Waals surface area contributed by atoms with E-state index < -0.39 is 0 Å². The molecule has 2 rings (SSSR count). The molecule has 5 nitrogen and oxygen atoms in total. The van der Waals surface area contributed by atoms with Gasteiger partial charge in [0.1, 0.15) is 0 Å². The number of aromatic nitrogens is 2. The zero-order valence-corrected chi connectivity index (χ0v) is 11.1. The average Bonchev–Trinajstić information content (AvgIpc) is 2.87. The van der Waals surface area contributed by atoms with Crippen LogP contribution < -0.4 is 10.9 Å². The fourth-order valence-electron chi connectivity index (χ4n) is 2.24.